The predicted molar refractivity (Wildman–Crippen MR) is 89.1 cm³/mol. The molecule has 1 aliphatic rings. The zero-order valence-electron chi connectivity index (χ0n) is 13.6. The Kier molecular flexibility index (Phi) is 4.50. The quantitative estimate of drug-likeness (QED) is 0.864. The third-order valence-electron chi connectivity index (χ3n) is 4.12. The normalized spacial score (nSPS) is 14.9. The summed E-state index contributed by atoms with van der Waals surface area (Å²) in [5.41, 5.74) is 2.00. The van der Waals surface area contributed by atoms with Crippen LogP contribution in [0.1, 0.15) is 19.5 Å². The number of hydrogen-bond donors (Lipinski definition) is 0. The van der Waals surface area contributed by atoms with E-state index in [-0.39, 0.29) is 5.91 Å². The number of carbonyl (C=O) groups is 1. The number of rotatable bonds is 3. The van der Waals surface area contributed by atoms with Crippen LogP contribution < -0.4 is 4.90 Å². The highest BCUT2D eigenvalue weighted by atomic mass is 16.2. The molecule has 1 amide bonds. The fourth-order valence-corrected chi connectivity index (χ4v) is 2.71. The molecule has 23 heavy (non-hydrogen) atoms. The van der Waals surface area contributed by atoms with Gasteiger partial charge in [0.05, 0.1) is 0 Å². The summed E-state index contributed by atoms with van der Waals surface area (Å²) < 4.78 is 0. The molecule has 2 aromatic rings. The molecule has 0 saturated carbocycles. The van der Waals surface area contributed by atoms with Gasteiger partial charge in [0.2, 0.25) is 5.91 Å². The predicted octanol–water partition coefficient (Wildman–Crippen LogP) is 1.77. The molecule has 0 aromatic carbocycles. The molecule has 0 radical (unpaired) electrons. The fraction of sp³-hybridized carbons (Fsp3) is 0.412. The van der Waals surface area contributed by atoms with Gasteiger partial charge in [-0.2, -0.15) is 0 Å². The average Bonchev–Trinajstić information content (AvgIpc) is 2.62. The minimum Gasteiger partial charge on any atom is -0.353 e. The lowest BCUT2D eigenvalue weighted by Gasteiger charge is -2.35. The van der Waals surface area contributed by atoms with Crippen LogP contribution in [0.2, 0.25) is 0 Å². The maximum Gasteiger partial charge on any atom is 0.219 e. The first kappa shape index (κ1) is 15.4. The third-order valence-corrected chi connectivity index (χ3v) is 4.12. The van der Waals surface area contributed by atoms with Crippen molar-refractivity contribution in [2.45, 2.75) is 20.3 Å². The number of anilines is 1. The minimum atomic E-state index is 0.138. The summed E-state index contributed by atoms with van der Waals surface area (Å²) in [4.78, 5) is 29.0. The molecule has 3 rings (SSSR count). The second-order valence-electron chi connectivity index (χ2n) is 5.62. The van der Waals surface area contributed by atoms with E-state index in [9.17, 15) is 4.79 Å². The topological polar surface area (TPSA) is 62.2 Å². The molecule has 1 saturated heterocycles. The lowest BCUT2D eigenvalue weighted by molar-refractivity contribution is -0.129. The second-order valence-corrected chi connectivity index (χ2v) is 5.62. The molecule has 0 spiro atoms. The Morgan fingerprint density at radius 1 is 1.13 bits per heavy atom. The summed E-state index contributed by atoms with van der Waals surface area (Å²) in [6.45, 7) is 6.80. The van der Waals surface area contributed by atoms with Crippen molar-refractivity contribution < 1.29 is 4.79 Å². The van der Waals surface area contributed by atoms with Crippen LogP contribution in [0.3, 0.4) is 0 Å². The summed E-state index contributed by atoms with van der Waals surface area (Å²) in [6.07, 6.45) is 4.37. The Labute approximate surface area is 136 Å². The molecule has 3 heterocycles. The van der Waals surface area contributed by atoms with E-state index < -0.39 is 0 Å². The first-order chi connectivity index (χ1) is 11.2. The van der Waals surface area contributed by atoms with Crippen LogP contribution in [0.15, 0.2) is 30.6 Å². The van der Waals surface area contributed by atoms with Crippen LogP contribution in [0.4, 0.5) is 5.82 Å². The van der Waals surface area contributed by atoms with E-state index in [2.05, 4.69) is 21.8 Å². The number of aryl methyl sites for hydroxylation is 1. The van der Waals surface area contributed by atoms with Gasteiger partial charge in [-0.1, -0.05) is 6.92 Å². The van der Waals surface area contributed by atoms with Crippen molar-refractivity contribution in [1.29, 1.82) is 0 Å². The first-order valence-electron chi connectivity index (χ1n) is 7.96. The molecular weight excluding hydrogens is 290 g/mol. The van der Waals surface area contributed by atoms with E-state index in [1.54, 1.807) is 19.3 Å². The van der Waals surface area contributed by atoms with Crippen molar-refractivity contribution in [3.63, 3.8) is 0 Å². The number of carbonyl (C=O) groups excluding carboxylic acids is 1. The molecule has 1 aliphatic heterocycles. The SMILES string of the molecule is CCc1cc(N2CCN(C(C)=O)CC2)nc(-c2ccncc2)n1. The molecule has 120 valence electrons. The van der Waals surface area contributed by atoms with Crippen molar-refractivity contribution in [3.8, 4) is 11.4 Å². The molecule has 1 fully saturated rings. The number of pyridine rings is 1. The Morgan fingerprint density at radius 3 is 2.43 bits per heavy atom. The summed E-state index contributed by atoms with van der Waals surface area (Å²) in [7, 11) is 0. The number of piperazine rings is 1. The molecule has 6 nitrogen and oxygen atoms in total. The van der Waals surface area contributed by atoms with Crippen molar-refractivity contribution in [2.75, 3.05) is 31.1 Å². The van der Waals surface area contributed by atoms with Crippen LogP contribution in [0.5, 0.6) is 0 Å². The van der Waals surface area contributed by atoms with Gasteiger partial charge in [0, 0.05) is 62.8 Å². The van der Waals surface area contributed by atoms with E-state index in [1.165, 1.54) is 0 Å². The highest BCUT2D eigenvalue weighted by Crippen LogP contribution is 2.21. The second kappa shape index (κ2) is 6.73. The maximum atomic E-state index is 11.5. The average molecular weight is 311 g/mol. The number of aromatic nitrogens is 3. The molecule has 0 aliphatic carbocycles. The molecule has 0 N–H and O–H groups in total. The zero-order valence-corrected chi connectivity index (χ0v) is 13.6. The van der Waals surface area contributed by atoms with Gasteiger partial charge in [-0.15, -0.1) is 0 Å². The lowest BCUT2D eigenvalue weighted by Crippen LogP contribution is -2.48. The Bertz CT molecular complexity index is 681. The van der Waals surface area contributed by atoms with Crippen LogP contribution in [0.25, 0.3) is 11.4 Å². The van der Waals surface area contributed by atoms with E-state index in [0.29, 0.717) is 0 Å². The van der Waals surface area contributed by atoms with Crippen LogP contribution in [0, 0.1) is 0 Å². The standard InChI is InChI=1S/C17H21N5O/c1-3-15-12-16(22-10-8-21(9-11-22)13(2)23)20-17(19-15)14-4-6-18-7-5-14/h4-7,12H,3,8-11H2,1-2H3. The van der Waals surface area contributed by atoms with Crippen molar-refractivity contribution in [1.82, 2.24) is 19.9 Å². The number of nitrogens with zero attached hydrogens (tertiary/aromatic N) is 5. The van der Waals surface area contributed by atoms with Crippen molar-refractivity contribution >= 4 is 11.7 Å². The van der Waals surface area contributed by atoms with E-state index >= 15 is 0 Å². The number of amides is 1. The molecule has 0 atom stereocenters. The summed E-state index contributed by atoms with van der Waals surface area (Å²) in [5.74, 6) is 1.81. The largest absolute Gasteiger partial charge is 0.353 e. The van der Waals surface area contributed by atoms with E-state index in [4.69, 9.17) is 4.98 Å². The summed E-state index contributed by atoms with van der Waals surface area (Å²) >= 11 is 0. The minimum absolute atomic E-state index is 0.138. The Morgan fingerprint density at radius 2 is 1.83 bits per heavy atom. The van der Waals surface area contributed by atoms with E-state index in [0.717, 1.165) is 55.5 Å². The molecule has 0 bridgehead atoms. The van der Waals surface area contributed by atoms with Crippen molar-refractivity contribution in [3.05, 3.63) is 36.3 Å². The third kappa shape index (κ3) is 3.47. The van der Waals surface area contributed by atoms with Gasteiger partial charge in [0.1, 0.15) is 5.82 Å². The molecule has 0 unspecified atom stereocenters. The maximum absolute atomic E-state index is 11.5. The molecular formula is C17H21N5O. The van der Waals surface area contributed by atoms with E-state index in [1.807, 2.05) is 23.1 Å². The number of hydrogen-bond acceptors (Lipinski definition) is 5. The molecule has 2 aromatic heterocycles. The van der Waals surface area contributed by atoms with Gasteiger partial charge >= 0.3 is 0 Å². The van der Waals surface area contributed by atoms with Crippen LogP contribution in [-0.2, 0) is 11.2 Å². The summed E-state index contributed by atoms with van der Waals surface area (Å²) in [6, 6.07) is 5.90. The zero-order chi connectivity index (χ0) is 16.2. The van der Waals surface area contributed by atoms with Gasteiger partial charge in [-0.05, 0) is 18.6 Å². The highest BCUT2D eigenvalue weighted by Gasteiger charge is 2.20. The monoisotopic (exact) mass is 311 g/mol. The summed E-state index contributed by atoms with van der Waals surface area (Å²) in [5, 5.41) is 0. The van der Waals surface area contributed by atoms with Crippen LogP contribution >= 0.6 is 0 Å². The lowest BCUT2D eigenvalue weighted by atomic mass is 10.2. The fourth-order valence-electron chi connectivity index (χ4n) is 2.71. The van der Waals surface area contributed by atoms with Gasteiger partial charge in [0.25, 0.3) is 0 Å². The Hall–Kier alpha value is -2.50. The molecule has 6 heteroatoms. The first-order valence-corrected chi connectivity index (χ1v) is 7.96. The van der Waals surface area contributed by atoms with Crippen LogP contribution in [-0.4, -0.2) is 51.9 Å². The highest BCUT2D eigenvalue weighted by molar-refractivity contribution is 5.73. The Balaban J connectivity index is 1.87. The van der Waals surface area contributed by atoms with Gasteiger partial charge in [-0.3, -0.25) is 9.78 Å². The van der Waals surface area contributed by atoms with Gasteiger partial charge < -0.3 is 9.80 Å². The smallest absolute Gasteiger partial charge is 0.219 e. The van der Waals surface area contributed by atoms with Gasteiger partial charge in [-0.25, -0.2) is 9.97 Å². The van der Waals surface area contributed by atoms with Crippen molar-refractivity contribution in [2.24, 2.45) is 0 Å². The van der Waals surface area contributed by atoms with Gasteiger partial charge in [0.15, 0.2) is 5.82 Å².